The second kappa shape index (κ2) is 8.77. The van der Waals surface area contributed by atoms with Gasteiger partial charge in [0.2, 0.25) is 0 Å². The van der Waals surface area contributed by atoms with Crippen LogP contribution in [-0.2, 0) is 27.1 Å². The van der Waals surface area contributed by atoms with Gasteiger partial charge in [-0.25, -0.2) is 14.4 Å². The lowest BCUT2D eigenvalue weighted by atomic mass is 9.87. The van der Waals surface area contributed by atoms with E-state index in [0.717, 1.165) is 25.7 Å². The van der Waals surface area contributed by atoms with E-state index in [9.17, 15) is 14.4 Å². The van der Waals surface area contributed by atoms with Crippen molar-refractivity contribution >= 4 is 29.3 Å². The van der Waals surface area contributed by atoms with Gasteiger partial charge in [-0.05, 0) is 50.7 Å². The molecule has 28 heavy (non-hydrogen) atoms. The van der Waals surface area contributed by atoms with Crippen molar-refractivity contribution in [1.29, 1.82) is 0 Å². The van der Waals surface area contributed by atoms with E-state index < -0.39 is 24.0 Å². The molecule has 2 aliphatic rings. The van der Waals surface area contributed by atoms with E-state index in [1.54, 1.807) is 13.8 Å². The van der Waals surface area contributed by atoms with Gasteiger partial charge >= 0.3 is 18.0 Å². The van der Waals surface area contributed by atoms with E-state index in [-0.39, 0.29) is 24.5 Å². The summed E-state index contributed by atoms with van der Waals surface area (Å²) in [6.07, 6.45) is 4.31. The maximum absolute atomic E-state index is 12.5. The second-order valence-electron chi connectivity index (χ2n) is 7.09. The molecule has 0 aromatic carbocycles. The number of aryl methyl sites for hydroxylation is 1. The van der Waals surface area contributed by atoms with E-state index in [2.05, 4.69) is 17.6 Å². The molecule has 0 saturated heterocycles. The first-order valence-electron chi connectivity index (χ1n) is 9.69. The van der Waals surface area contributed by atoms with Crippen LogP contribution in [0.3, 0.4) is 0 Å². The second-order valence-corrected chi connectivity index (χ2v) is 8.22. The fraction of sp³-hybridized carbons (Fsp3) is 0.550. The summed E-state index contributed by atoms with van der Waals surface area (Å²) >= 11 is 1.48. The molecule has 2 amide bonds. The third kappa shape index (κ3) is 4.38. The summed E-state index contributed by atoms with van der Waals surface area (Å²) in [5.41, 5.74) is 1.77. The molecule has 3 rings (SSSR count). The summed E-state index contributed by atoms with van der Waals surface area (Å²) in [7, 11) is 0. The lowest BCUT2D eigenvalue weighted by molar-refractivity contribution is -0.139. The van der Waals surface area contributed by atoms with Crippen molar-refractivity contribution in [2.75, 3.05) is 13.2 Å². The average Bonchev–Trinajstić information content (AvgIpc) is 3.08. The Kier molecular flexibility index (Phi) is 6.39. The van der Waals surface area contributed by atoms with E-state index in [4.69, 9.17) is 9.47 Å². The number of amides is 2. The molecule has 1 aromatic rings. The molecule has 152 valence electrons. The minimum atomic E-state index is -0.536. The fourth-order valence-corrected chi connectivity index (χ4v) is 4.75. The number of nitrogens with one attached hydrogen (secondary N) is 2. The molecule has 0 unspecified atom stereocenters. The smallest absolute Gasteiger partial charge is 0.348 e. The minimum Gasteiger partial charge on any atom is -0.463 e. The largest absolute Gasteiger partial charge is 0.463 e. The Balaban J connectivity index is 1.72. The molecular weight excluding hydrogens is 380 g/mol. The Morgan fingerprint density at radius 1 is 1.25 bits per heavy atom. The van der Waals surface area contributed by atoms with Crippen LogP contribution in [-0.4, -0.2) is 37.2 Å². The van der Waals surface area contributed by atoms with Crippen molar-refractivity contribution in [3.63, 3.8) is 0 Å². The van der Waals surface area contributed by atoms with Crippen LogP contribution in [0, 0.1) is 5.92 Å². The average molecular weight is 407 g/mol. The molecule has 2 heterocycles. The van der Waals surface area contributed by atoms with Gasteiger partial charge in [0.25, 0.3) is 0 Å². The van der Waals surface area contributed by atoms with Crippen molar-refractivity contribution in [3.05, 3.63) is 32.7 Å². The van der Waals surface area contributed by atoms with Gasteiger partial charge in [0.05, 0.1) is 23.9 Å². The Labute approximate surface area is 168 Å². The molecule has 0 spiro atoms. The summed E-state index contributed by atoms with van der Waals surface area (Å²) in [6, 6.07) is 0.958. The van der Waals surface area contributed by atoms with E-state index in [1.807, 2.05) is 6.07 Å². The summed E-state index contributed by atoms with van der Waals surface area (Å²) in [6.45, 7) is 5.62. The normalized spacial score (nSPS) is 21.5. The number of esters is 2. The number of hydrogen-bond donors (Lipinski definition) is 2. The van der Waals surface area contributed by atoms with Gasteiger partial charge in [-0.1, -0.05) is 13.3 Å². The topological polar surface area (TPSA) is 93.7 Å². The molecule has 7 nitrogen and oxygen atoms in total. The van der Waals surface area contributed by atoms with Crippen molar-refractivity contribution in [3.8, 4) is 0 Å². The zero-order valence-corrected chi connectivity index (χ0v) is 17.2. The quantitative estimate of drug-likeness (QED) is 0.709. The van der Waals surface area contributed by atoms with Gasteiger partial charge in [-0.3, -0.25) is 0 Å². The van der Waals surface area contributed by atoms with Crippen molar-refractivity contribution < 1.29 is 23.9 Å². The predicted octanol–water partition coefficient (Wildman–Crippen LogP) is 2.94. The Morgan fingerprint density at radius 2 is 2.04 bits per heavy atom. The number of hydrogen-bond acceptors (Lipinski definition) is 6. The fourth-order valence-electron chi connectivity index (χ4n) is 3.65. The molecule has 0 saturated carbocycles. The zero-order chi connectivity index (χ0) is 20.3. The summed E-state index contributed by atoms with van der Waals surface area (Å²) in [4.78, 5) is 38.4. The van der Waals surface area contributed by atoms with Gasteiger partial charge in [0.1, 0.15) is 11.5 Å². The van der Waals surface area contributed by atoms with Crippen molar-refractivity contribution in [2.45, 2.75) is 52.5 Å². The number of carbonyl (C=O) groups excluding carboxylic acids is 3. The highest BCUT2D eigenvalue weighted by atomic mass is 32.1. The molecule has 0 radical (unpaired) electrons. The van der Waals surface area contributed by atoms with Gasteiger partial charge in [0, 0.05) is 4.88 Å². The third-order valence-corrected chi connectivity index (χ3v) is 6.39. The number of rotatable bonds is 6. The summed E-state index contributed by atoms with van der Waals surface area (Å²) < 4.78 is 10.5. The highest BCUT2D eigenvalue weighted by Gasteiger charge is 2.30. The number of thiophene rings is 1. The van der Waals surface area contributed by atoms with Gasteiger partial charge < -0.3 is 20.1 Å². The van der Waals surface area contributed by atoms with Crippen LogP contribution < -0.4 is 10.6 Å². The van der Waals surface area contributed by atoms with Crippen LogP contribution in [0.4, 0.5) is 4.79 Å². The first-order valence-corrected chi connectivity index (χ1v) is 10.5. The third-order valence-electron chi connectivity index (χ3n) is 5.18. The lowest BCUT2D eigenvalue weighted by Crippen LogP contribution is -2.50. The number of ether oxygens (including phenoxy) is 2. The molecule has 0 fully saturated rings. The number of carbonyl (C=O) groups is 3. The highest BCUT2D eigenvalue weighted by molar-refractivity contribution is 7.14. The van der Waals surface area contributed by atoms with Gasteiger partial charge in [-0.15, -0.1) is 11.3 Å². The van der Waals surface area contributed by atoms with Crippen LogP contribution in [0.15, 0.2) is 17.3 Å². The monoisotopic (exact) mass is 406 g/mol. The summed E-state index contributed by atoms with van der Waals surface area (Å²) in [5, 5.41) is 5.17. The summed E-state index contributed by atoms with van der Waals surface area (Å²) in [5.74, 6) is -0.302. The lowest BCUT2D eigenvalue weighted by Gasteiger charge is -2.26. The van der Waals surface area contributed by atoms with Gasteiger partial charge in [0.15, 0.2) is 0 Å². The van der Waals surface area contributed by atoms with Crippen molar-refractivity contribution in [1.82, 2.24) is 10.6 Å². The SMILES string of the molecule is CCOC(=O)C1=C(COC(=O)c2cc3c(s2)CC[C@@H](CC)C3)NC(=O)N[C@@H]1C. The molecule has 1 aliphatic heterocycles. The minimum absolute atomic E-state index is 0.190. The first-order chi connectivity index (χ1) is 13.4. The number of fused-ring (bicyclic) bond motifs is 1. The predicted molar refractivity (Wildman–Crippen MR) is 105 cm³/mol. The molecule has 8 heteroatoms. The van der Waals surface area contributed by atoms with Crippen LogP contribution in [0.1, 0.15) is 53.7 Å². The van der Waals surface area contributed by atoms with E-state index >= 15 is 0 Å². The Morgan fingerprint density at radius 3 is 2.75 bits per heavy atom. The number of urea groups is 1. The molecule has 2 atom stereocenters. The van der Waals surface area contributed by atoms with Crippen LogP contribution >= 0.6 is 11.3 Å². The molecule has 1 aromatic heterocycles. The van der Waals surface area contributed by atoms with Crippen LogP contribution in [0.5, 0.6) is 0 Å². The molecular formula is C20H26N2O5S. The van der Waals surface area contributed by atoms with Crippen LogP contribution in [0.25, 0.3) is 0 Å². The molecule has 1 aliphatic carbocycles. The van der Waals surface area contributed by atoms with Gasteiger partial charge in [-0.2, -0.15) is 0 Å². The maximum Gasteiger partial charge on any atom is 0.348 e. The maximum atomic E-state index is 12.5. The Hall–Kier alpha value is -2.35. The molecule has 2 N–H and O–H groups in total. The standard InChI is InChI=1S/C20H26N2O5S/c1-4-12-6-7-15-13(8-12)9-16(28-15)18(23)27-10-14-17(19(24)26-5-2)11(3)21-20(25)22-14/h9,11-12H,4-8,10H2,1-3H3,(H2,21,22,25)/t11-,12-/m1/s1. The Bertz CT molecular complexity index is 814. The highest BCUT2D eigenvalue weighted by Crippen LogP contribution is 2.33. The van der Waals surface area contributed by atoms with Crippen molar-refractivity contribution in [2.24, 2.45) is 5.92 Å². The van der Waals surface area contributed by atoms with E-state index in [0.29, 0.717) is 10.8 Å². The first kappa shape index (κ1) is 20.4. The van der Waals surface area contributed by atoms with E-state index in [1.165, 1.54) is 21.8 Å². The van der Waals surface area contributed by atoms with Crippen LogP contribution in [0.2, 0.25) is 0 Å². The molecule has 0 bridgehead atoms. The zero-order valence-electron chi connectivity index (χ0n) is 16.4.